The van der Waals surface area contributed by atoms with Crippen LogP contribution in [0.25, 0.3) is 0 Å². The van der Waals surface area contributed by atoms with Crippen LogP contribution >= 0.6 is 0 Å². The molecule has 0 aliphatic heterocycles. The Hall–Kier alpha value is -0.0526. The molecule has 16 heavy (non-hydrogen) atoms. The van der Waals surface area contributed by atoms with Crippen molar-refractivity contribution in [2.24, 2.45) is 0 Å². The summed E-state index contributed by atoms with van der Waals surface area (Å²) in [5.41, 5.74) is 0. The monoisotopic (exact) mass is 276 g/mol. The summed E-state index contributed by atoms with van der Waals surface area (Å²) >= 11 is 0. The first kappa shape index (κ1) is 18.3. The van der Waals surface area contributed by atoms with Crippen LogP contribution < -0.4 is 18.9 Å². The van der Waals surface area contributed by atoms with Crippen LogP contribution in [0.2, 0.25) is 0 Å². The maximum Gasteiger partial charge on any atom is 1.00 e. The second-order valence-electron chi connectivity index (χ2n) is 2.00. The summed E-state index contributed by atoms with van der Waals surface area (Å²) in [6, 6.07) is 0. The van der Waals surface area contributed by atoms with Crippen LogP contribution in [-0.2, 0) is 14.3 Å². The molecule has 0 bridgehead atoms. The van der Waals surface area contributed by atoms with Crippen LogP contribution in [0.15, 0.2) is 0 Å². The zero-order chi connectivity index (χ0) is 12.7. The fraction of sp³-hybridized carbons (Fsp3) is 1.00. The van der Waals surface area contributed by atoms with E-state index in [2.05, 4.69) is 0 Å². The van der Waals surface area contributed by atoms with Crippen LogP contribution in [0, 0.1) is 0 Å². The zero-order valence-corrected chi connectivity index (χ0v) is 7.97. The average molecular weight is 276 g/mol. The first-order valence-corrected chi connectivity index (χ1v) is 4.08. The minimum atomic E-state index is -7.16. The van der Waals surface area contributed by atoms with E-state index in [-0.39, 0.29) is 20.3 Å². The number of alkyl halides is 8. The Labute approximate surface area is 96.5 Å². The van der Waals surface area contributed by atoms with Crippen molar-refractivity contribution in [2.75, 3.05) is 0 Å². The Morgan fingerprint density at radius 1 is 0.875 bits per heavy atom. The molecule has 0 aliphatic carbocycles. The van der Waals surface area contributed by atoms with Gasteiger partial charge in [-0.05, 0) is 0 Å². The third kappa shape index (κ3) is 4.08. The normalized spacial score (nSPS) is 14.5. The smallest absolute Gasteiger partial charge is 1.00 e. The number of halogens is 8. The standard InChI is InChI=1S/C3F8O3S.Li.H/c4-1(5,6)2(7,8)15(12,13)14-3(9,10)11;;/q;+1;-1. The third-order valence-electron chi connectivity index (χ3n) is 0.848. The summed E-state index contributed by atoms with van der Waals surface area (Å²) in [5, 5.41) is -6.63. The molecule has 0 saturated heterocycles. The molecule has 0 aliphatic rings. The molecule has 0 aromatic rings. The van der Waals surface area contributed by atoms with Crippen LogP contribution in [0.4, 0.5) is 35.1 Å². The van der Waals surface area contributed by atoms with E-state index in [0.717, 1.165) is 0 Å². The van der Waals surface area contributed by atoms with Gasteiger partial charge in [0.05, 0.1) is 0 Å². The van der Waals surface area contributed by atoms with Crippen LogP contribution in [0.5, 0.6) is 0 Å². The van der Waals surface area contributed by atoms with Crippen molar-refractivity contribution in [2.45, 2.75) is 17.8 Å². The summed E-state index contributed by atoms with van der Waals surface area (Å²) < 4.78 is 113. The van der Waals surface area contributed by atoms with Crippen LogP contribution in [0.1, 0.15) is 1.43 Å². The van der Waals surface area contributed by atoms with Gasteiger partial charge in [-0.3, -0.25) is 0 Å². The molecule has 0 aromatic carbocycles. The molecule has 3 nitrogen and oxygen atoms in total. The Balaban J connectivity index is -0.000000980. The first-order chi connectivity index (χ1) is 6.21. The van der Waals surface area contributed by atoms with Gasteiger partial charge < -0.3 is 1.43 Å². The third-order valence-corrected chi connectivity index (χ3v) is 2.12. The Kier molecular flexibility index (Phi) is 5.35. The van der Waals surface area contributed by atoms with Gasteiger partial charge in [0.25, 0.3) is 0 Å². The molecule has 0 N–H and O–H groups in total. The quantitative estimate of drug-likeness (QED) is 0.374. The maximum absolute atomic E-state index is 11.9. The van der Waals surface area contributed by atoms with Crippen molar-refractivity contribution in [1.29, 1.82) is 0 Å². The van der Waals surface area contributed by atoms with E-state index in [4.69, 9.17) is 0 Å². The fourth-order valence-electron chi connectivity index (χ4n) is 0.318. The number of hydrogen-bond donors (Lipinski definition) is 0. The van der Waals surface area contributed by atoms with E-state index in [1.54, 1.807) is 4.18 Å². The summed E-state index contributed by atoms with van der Waals surface area (Å²) in [5.74, 6) is 0. The molecule has 0 heterocycles. The number of rotatable bonds is 2. The second-order valence-corrected chi connectivity index (χ2v) is 3.59. The number of hydrogen-bond acceptors (Lipinski definition) is 3. The Morgan fingerprint density at radius 2 is 1.19 bits per heavy atom. The predicted molar refractivity (Wildman–Crippen MR) is 28.2 cm³/mol. The van der Waals surface area contributed by atoms with Gasteiger partial charge in [-0.2, -0.15) is 34.6 Å². The van der Waals surface area contributed by atoms with Crippen molar-refractivity contribution in [3.05, 3.63) is 0 Å². The Morgan fingerprint density at radius 3 is 1.38 bits per heavy atom. The van der Waals surface area contributed by atoms with Gasteiger partial charge in [0, 0.05) is 0 Å². The molecule has 13 heteroatoms. The molecule has 0 radical (unpaired) electrons. The van der Waals surface area contributed by atoms with E-state index in [1.807, 2.05) is 0 Å². The van der Waals surface area contributed by atoms with E-state index >= 15 is 0 Å². The predicted octanol–water partition coefficient (Wildman–Crippen LogP) is -0.876. The Bertz CT molecular complexity index is 333. The largest absolute Gasteiger partial charge is 1.00 e. The van der Waals surface area contributed by atoms with E-state index in [1.165, 1.54) is 0 Å². The first-order valence-electron chi connectivity index (χ1n) is 2.67. The molecule has 0 fully saturated rings. The topological polar surface area (TPSA) is 43.4 Å². The van der Waals surface area contributed by atoms with Crippen molar-refractivity contribution in [3.63, 3.8) is 0 Å². The molecule has 0 rings (SSSR count). The van der Waals surface area contributed by atoms with Gasteiger partial charge in [-0.25, -0.2) is 0 Å². The molecule has 94 valence electrons. The second kappa shape index (κ2) is 4.67. The van der Waals surface area contributed by atoms with Crippen molar-refractivity contribution >= 4 is 10.1 Å². The molecule has 0 amide bonds. The van der Waals surface area contributed by atoms with Gasteiger partial charge in [-0.1, -0.05) is 0 Å². The fourth-order valence-corrected chi connectivity index (χ4v) is 0.955. The van der Waals surface area contributed by atoms with Gasteiger partial charge in [0.2, 0.25) is 0 Å². The van der Waals surface area contributed by atoms with Gasteiger partial charge in [-0.15, -0.1) is 13.2 Å². The van der Waals surface area contributed by atoms with Gasteiger partial charge in [0.1, 0.15) is 0 Å². The molecule has 0 unspecified atom stereocenters. The van der Waals surface area contributed by atoms with Gasteiger partial charge in [0.15, 0.2) is 0 Å². The molecular weight excluding hydrogens is 275 g/mol. The van der Waals surface area contributed by atoms with Gasteiger partial charge >= 0.3 is 46.8 Å². The minimum absolute atomic E-state index is 0. The van der Waals surface area contributed by atoms with Crippen LogP contribution in [0.3, 0.4) is 0 Å². The summed E-state index contributed by atoms with van der Waals surface area (Å²) in [6.45, 7) is 0. The summed E-state index contributed by atoms with van der Waals surface area (Å²) in [4.78, 5) is 0. The van der Waals surface area contributed by atoms with Crippen molar-refractivity contribution in [3.8, 4) is 0 Å². The molecule has 0 saturated carbocycles. The van der Waals surface area contributed by atoms with Crippen LogP contribution in [-0.4, -0.2) is 26.2 Å². The summed E-state index contributed by atoms with van der Waals surface area (Å²) in [6.07, 6.45) is -12.9. The van der Waals surface area contributed by atoms with E-state index in [9.17, 15) is 43.5 Å². The van der Waals surface area contributed by atoms with Crippen molar-refractivity contribution < 1.29 is 68.0 Å². The molecule has 0 atom stereocenters. The van der Waals surface area contributed by atoms with E-state index < -0.39 is 27.9 Å². The SMILES string of the molecule is O=S(=O)(OC(F)(F)F)C(F)(F)C(F)(F)F.[H-].[Li+]. The molecule has 0 aromatic heterocycles. The minimum Gasteiger partial charge on any atom is -1.00 e. The average Bonchev–Trinajstić information content (AvgIpc) is 1.77. The molecular formula is C3HF8LiO3S. The summed E-state index contributed by atoms with van der Waals surface area (Å²) in [7, 11) is -7.16. The maximum atomic E-state index is 11.9. The zero-order valence-electron chi connectivity index (χ0n) is 8.16. The van der Waals surface area contributed by atoms with Crippen molar-refractivity contribution in [1.82, 2.24) is 0 Å². The van der Waals surface area contributed by atoms with E-state index in [0.29, 0.717) is 0 Å². The molecule has 0 spiro atoms.